The molecule has 4 rings (SSSR count). The number of halogens is 2. The zero-order valence-corrected chi connectivity index (χ0v) is 24.5. The van der Waals surface area contributed by atoms with E-state index in [4.69, 9.17) is 27.5 Å². The highest BCUT2D eigenvalue weighted by Gasteiger charge is 2.35. The van der Waals surface area contributed by atoms with E-state index >= 15 is 0 Å². The van der Waals surface area contributed by atoms with Crippen molar-refractivity contribution in [1.82, 2.24) is 10.2 Å². The minimum absolute atomic E-state index is 0.374. The lowest BCUT2D eigenvalue weighted by Gasteiger charge is -2.36. The molecule has 2 aliphatic rings. The Kier molecular flexibility index (Phi) is 9.15. The third-order valence-electron chi connectivity index (χ3n) is 7.17. The fourth-order valence-corrected chi connectivity index (χ4v) is 5.88. The minimum Gasteiger partial charge on any atom is -0.368 e. The van der Waals surface area contributed by atoms with Gasteiger partial charge in [-0.05, 0) is 55.1 Å². The van der Waals surface area contributed by atoms with Gasteiger partial charge in [0.1, 0.15) is 0 Å². The van der Waals surface area contributed by atoms with Gasteiger partial charge in [0.05, 0.1) is 27.7 Å². The van der Waals surface area contributed by atoms with Crippen LogP contribution in [0.5, 0.6) is 0 Å². The number of carbonyl (C=O) groups excluding carboxylic acids is 1. The Morgan fingerprint density at radius 3 is 2.45 bits per heavy atom. The molecule has 1 N–H and O–H groups in total. The second-order valence-corrected chi connectivity index (χ2v) is 13.0. The van der Waals surface area contributed by atoms with Gasteiger partial charge >= 0.3 is 6.03 Å². The zero-order chi connectivity index (χ0) is 27.5. The van der Waals surface area contributed by atoms with Gasteiger partial charge in [-0.25, -0.2) is 4.79 Å². The van der Waals surface area contributed by atoms with Crippen molar-refractivity contribution in [3.63, 3.8) is 0 Å². The number of rotatable bonds is 9. The average molecular weight is 584 g/mol. The zero-order valence-electron chi connectivity index (χ0n) is 22.2. The summed E-state index contributed by atoms with van der Waals surface area (Å²) >= 11 is 12.6. The SMILES string of the molecule is CC1(C)CNC(=O)N(OS(C)(=O)=O)c2cc(CCCCCN3CCN(c4cccc(Cl)c4Cl)CC3)ccc21. The van der Waals surface area contributed by atoms with Crippen molar-refractivity contribution in [2.24, 2.45) is 0 Å². The largest absolute Gasteiger partial charge is 0.368 e. The second kappa shape index (κ2) is 12.0. The third-order valence-corrected chi connectivity index (χ3v) is 8.40. The van der Waals surface area contributed by atoms with Crippen LogP contribution in [0.15, 0.2) is 36.4 Å². The van der Waals surface area contributed by atoms with Crippen molar-refractivity contribution in [3.05, 3.63) is 57.6 Å². The summed E-state index contributed by atoms with van der Waals surface area (Å²) in [6, 6.07) is 11.1. The Morgan fingerprint density at radius 1 is 1.00 bits per heavy atom. The first-order valence-corrected chi connectivity index (χ1v) is 15.5. The number of fused-ring (bicyclic) bond motifs is 1. The summed E-state index contributed by atoms with van der Waals surface area (Å²) in [6.07, 6.45) is 4.95. The van der Waals surface area contributed by atoms with Crippen LogP contribution in [0.3, 0.4) is 0 Å². The van der Waals surface area contributed by atoms with Gasteiger partial charge in [-0.15, -0.1) is 4.28 Å². The molecule has 38 heavy (non-hydrogen) atoms. The average Bonchev–Trinajstić information content (AvgIpc) is 2.95. The van der Waals surface area contributed by atoms with Crippen LogP contribution in [-0.4, -0.2) is 64.9 Å². The van der Waals surface area contributed by atoms with Gasteiger partial charge in [0.15, 0.2) is 0 Å². The minimum atomic E-state index is -3.88. The van der Waals surface area contributed by atoms with Crippen LogP contribution in [0.2, 0.25) is 10.0 Å². The number of hydroxylamine groups is 1. The number of anilines is 2. The van der Waals surface area contributed by atoms with E-state index in [1.165, 1.54) is 0 Å². The summed E-state index contributed by atoms with van der Waals surface area (Å²) in [5.41, 5.74) is 3.01. The molecule has 208 valence electrons. The molecular weight excluding hydrogens is 547 g/mol. The molecule has 2 aromatic carbocycles. The van der Waals surface area contributed by atoms with E-state index in [1.54, 1.807) is 0 Å². The fraction of sp³-hybridized carbons (Fsp3) is 0.519. The smallest absolute Gasteiger partial charge is 0.347 e. The van der Waals surface area contributed by atoms with Crippen molar-refractivity contribution in [2.75, 3.05) is 55.5 Å². The molecular formula is C27H36Cl2N4O4S. The molecule has 8 nitrogen and oxygen atoms in total. The third kappa shape index (κ3) is 7.12. The summed E-state index contributed by atoms with van der Waals surface area (Å²) in [6.45, 7) is 9.27. The van der Waals surface area contributed by atoms with Crippen molar-refractivity contribution < 1.29 is 17.5 Å². The maximum atomic E-state index is 12.6. The Balaban J connectivity index is 1.29. The molecule has 0 aliphatic carbocycles. The maximum absolute atomic E-state index is 12.6. The van der Waals surface area contributed by atoms with E-state index in [9.17, 15) is 13.2 Å². The number of aryl methyl sites for hydroxylation is 1. The number of amides is 2. The van der Waals surface area contributed by atoms with Crippen LogP contribution in [0.4, 0.5) is 16.2 Å². The molecule has 2 aromatic rings. The number of carbonyl (C=O) groups is 1. The number of hydrogen-bond donors (Lipinski definition) is 1. The van der Waals surface area contributed by atoms with Crippen molar-refractivity contribution >= 4 is 50.7 Å². The van der Waals surface area contributed by atoms with E-state index in [-0.39, 0.29) is 5.41 Å². The lowest BCUT2D eigenvalue weighted by Crippen LogP contribution is -2.46. The van der Waals surface area contributed by atoms with Gasteiger partial charge < -0.3 is 10.2 Å². The molecule has 2 heterocycles. The Hall–Kier alpha value is -2.04. The standard InChI is InChI=1S/C27H36Cl2N4O4S/c1-27(2)19-30-26(34)33(37-38(3,35)36)24-18-20(11-12-21(24)27)8-5-4-6-13-31-14-16-32(17-15-31)23-10-7-9-22(28)25(23)29/h7,9-12,18H,4-6,8,13-17,19H2,1-3H3,(H,30,34). The number of nitrogens with zero attached hydrogens (tertiary/aromatic N) is 3. The molecule has 11 heteroatoms. The first-order chi connectivity index (χ1) is 17.9. The van der Waals surface area contributed by atoms with Gasteiger partial charge in [-0.1, -0.05) is 61.7 Å². The fourth-order valence-electron chi connectivity index (χ4n) is 5.05. The van der Waals surface area contributed by atoms with Gasteiger partial charge in [-0.3, -0.25) is 4.90 Å². The van der Waals surface area contributed by atoms with Gasteiger partial charge in [0.2, 0.25) is 0 Å². The van der Waals surface area contributed by atoms with Gasteiger partial charge in [0.25, 0.3) is 10.1 Å². The molecule has 0 unspecified atom stereocenters. The molecule has 0 saturated carbocycles. The van der Waals surface area contributed by atoms with Crippen molar-refractivity contribution in [1.29, 1.82) is 0 Å². The molecule has 2 amide bonds. The van der Waals surface area contributed by atoms with Crippen LogP contribution in [-0.2, 0) is 26.2 Å². The summed E-state index contributed by atoms with van der Waals surface area (Å²) in [5.74, 6) is 0. The first-order valence-electron chi connectivity index (χ1n) is 13.0. The van der Waals surface area contributed by atoms with Crippen LogP contribution in [0.25, 0.3) is 0 Å². The van der Waals surface area contributed by atoms with E-state index in [2.05, 4.69) is 21.2 Å². The normalized spacial score (nSPS) is 18.2. The van der Waals surface area contributed by atoms with E-state index in [1.807, 2.05) is 44.2 Å². The molecule has 1 saturated heterocycles. The predicted molar refractivity (Wildman–Crippen MR) is 154 cm³/mol. The second-order valence-electron chi connectivity index (χ2n) is 10.7. The summed E-state index contributed by atoms with van der Waals surface area (Å²) in [4.78, 5) is 17.4. The quantitative estimate of drug-likeness (QED) is 0.408. The Labute approximate surface area is 235 Å². The van der Waals surface area contributed by atoms with Gasteiger partial charge in [0, 0.05) is 38.1 Å². The molecule has 2 aliphatic heterocycles. The highest BCUT2D eigenvalue weighted by Crippen LogP contribution is 2.36. The highest BCUT2D eigenvalue weighted by molar-refractivity contribution is 7.86. The maximum Gasteiger partial charge on any atom is 0.347 e. The molecule has 0 spiro atoms. The van der Waals surface area contributed by atoms with Crippen LogP contribution < -0.4 is 15.3 Å². The molecule has 0 aromatic heterocycles. The molecule has 0 radical (unpaired) electrons. The summed E-state index contributed by atoms with van der Waals surface area (Å²) < 4.78 is 28.8. The summed E-state index contributed by atoms with van der Waals surface area (Å²) in [5, 5.41) is 4.84. The highest BCUT2D eigenvalue weighted by atomic mass is 35.5. The van der Waals surface area contributed by atoms with Crippen LogP contribution >= 0.6 is 23.2 Å². The van der Waals surface area contributed by atoms with Crippen molar-refractivity contribution in [3.8, 4) is 0 Å². The van der Waals surface area contributed by atoms with E-state index in [0.29, 0.717) is 22.3 Å². The van der Waals surface area contributed by atoms with E-state index < -0.39 is 16.1 Å². The lowest BCUT2D eigenvalue weighted by molar-refractivity contribution is 0.216. The van der Waals surface area contributed by atoms with Crippen molar-refractivity contribution in [2.45, 2.75) is 44.9 Å². The topological polar surface area (TPSA) is 82.2 Å². The lowest BCUT2D eigenvalue weighted by atomic mass is 9.83. The van der Waals surface area contributed by atoms with Crippen LogP contribution in [0, 0.1) is 0 Å². The number of unbranched alkanes of at least 4 members (excludes halogenated alkanes) is 2. The number of piperazine rings is 1. The van der Waals surface area contributed by atoms with Gasteiger partial charge in [-0.2, -0.15) is 13.5 Å². The molecule has 0 atom stereocenters. The molecule has 1 fully saturated rings. The predicted octanol–water partition coefficient (Wildman–Crippen LogP) is 5.23. The Morgan fingerprint density at radius 2 is 1.74 bits per heavy atom. The number of hydrogen-bond acceptors (Lipinski definition) is 6. The number of urea groups is 1. The Bertz CT molecular complexity index is 1260. The van der Waals surface area contributed by atoms with Crippen LogP contribution in [0.1, 0.15) is 44.2 Å². The monoisotopic (exact) mass is 582 g/mol. The van der Waals surface area contributed by atoms with E-state index in [0.717, 1.165) is 86.5 Å². The number of nitrogens with one attached hydrogen (secondary N) is 1. The number of benzene rings is 2. The molecule has 0 bridgehead atoms. The summed E-state index contributed by atoms with van der Waals surface area (Å²) in [7, 11) is -3.88. The first kappa shape index (κ1) is 29.0.